The van der Waals surface area contributed by atoms with Gasteiger partial charge >= 0.3 is 0 Å². The van der Waals surface area contributed by atoms with E-state index >= 15 is 0 Å². The Hall–Kier alpha value is -1.81. The number of hydrogen-bond donors (Lipinski definition) is 1. The van der Waals surface area contributed by atoms with Crippen LogP contribution in [-0.2, 0) is 13.0 Å². The predicted molar refractivity (Wildman–Crippen MR) is 59.1 cm³/mol. The van der Waals surface area contributed by atoms with Crippen LogP contribution in [0.5, 0.6) is 0 Å². The van der Waals surface area contributed by atoms with Crippen LogP contribution in [0.25, 0.3) is 0 Å². The third-order valence-corrected chi connectivity index (χ3v) is 2.27. The van der Waals surface area contributed by atoms with Gasteiger partial charge in [0, 0.05) is 30.9 Å². The molecule has 0 unspecified atom stereocenters. The van der Waals surface area contributed by atoms with Crippen molar-refractivity contribution in [1.82, 2.24) is 9.97 Å². The number of benzene rings is 1. The third-order valence-electron chi connectivity index (χ3n) is 2.27. The SMILES string of the molecule is NCc1cnc(Cc2ccc(F)cc2)nc1. The molecule has 0 radical (unpaired) electrons. The van der Waals surface area contributed by atoms with E-state index in [-0.39, 0.29) is 5.82 Å². The molecular weight excluding hydrogens is 205 g/mol. The summed E-state index contributed by atoms with van der Waals surface area (Å²) in [7, 11) is 0. The first-order valence-corrected chi connectivity index (χ1v) is 5.02. The van der Waals surface area contributed by atoms with Gasteiger partial charge in [-0.25, -0.2) is 14.4 Å². The number of nitrogens with zero attached hydrogens (tertiary/aromatic N) is 2. The van der Waals surface area contributed by atoms with Crippen LogP contribution in [0, 0.1) is 5.82 Å². The molecule has 2 N–H and O–H groups in total. The molecule has 0 atom stereocenters. The van der Waals surface area contributed by atoms with Crippen LogP contribution >= 0.6 is 0 Å². The molecule has 1 aromatic carbocycles. The van der Waals surface area contributed by atoms with E-state index in [2.05, 4.69) is 9.97 Å². The van der Waals surface area contributed by atoms with Gasteiger partial charge in [-0.05, 0) is 17.7 Å². The smallest absolute Gasteiger partial charge is 0.132 e. The first kappa shape index (κ1) is 10.7. The molecule has 2 aromatic rings. The van der Waals surface area contributed by atoms with Crippen LogP contribution in [0.2, 0.25) is 0 Å². The summed E-state index contributed by atoms with van der Waals surface area (Å²) in [4.78, 5) is 8.36. The molecule has 0 spiro atoms. The van der Waals surface area contributed by atoms with E-state index in [0.29, 0.717) is 18.8 Å². The van der Waals surface area contributed by atoms with Gasteiger partial charge in [-0.3, -0.25) is 0 Å². The average molecular weight is 217 g/mol. The van der Waals surface area contributed by atoms with E-state index in [1.807, 2.05) is 0 Å². The molecule has 0 aliphatic carbocycles. The molecule has 1 aromatic heterocycles. The molecule has 0 fully saturated rings. The molecule has 0 bridgehead atoms. The lowest BCUT2D eigenvalue weighted by atomic mass is 10.1. The fraction of sp³-hybridized carbons (Fsp3) is 0.167. The standard InChI is InChI=1S/C12H12FN3/c13-11-3-1-9(2-4-11)5-12-15-7-10(6-14)8-16-12/h1-4,7-8H,5-6,14H2. The van der Waals surface area contributed by atoms with Crippen molar-refractivity contribution in [3.63, 3.8) is 0 Å². The van der Waals surface area contributed by atoms with Crippen LogP contribution in [0.3, 0.4) is 0 Å². The molecule has 0 aliphatic heterocycles. The lowest BCUT2D eigenvalue weighted by Crippen LogP contribution is -2.01. The fourth-order valence-electron chi connectivity index (χ4n) is 1.36. The molecule has 0 aliphatic rings. The van der Waals surface area contributed by atoms with Gasteiger partial charge in [0.05, 0.1) is 0 Å². The van der Waals surface area contributed by atoms with E-state index < -0.39 is 0 Å². The fourth-order valence-corrected chi connectivity index (χ4v) is 1.36. The number of rotatable bonds is 3. The van der Waals surface area contributed by atoms with Crippen molar-refractivity contribution in [2.24, 2.45) is 5.73 Å². The Morgan fingerprint density at radius 1 is 1.00 bits per heavy atom. The maximum atomic E-state index is 12.7. The Bertz CT molecular complexity index is 451. The van der Waals surface area contributed by atoms with Gasteiger partial charge < -0.3 is 5.73 Å². The van der Waals surface area contributed by atoms with Crippen molar-refractivity contribution in [2.75, 3.05) is 0 Å². The molecule has 0 saturated heterocycles. The summed E-state index contributed by atoms with van der Waals surface area (Å²) in [5, 5.41) is 0. The van der Waals surface area contributed by atoms with Gasteiger partial charge in [0.15, 0.2) is 0 Å². The first-order chi connectivity index (χ1) is 7.78. The molecule has 3 nitrogen and oxygen atoms in total. The zero-order valence-corrected chi connectivity index (χ0v) is 8.73. The third kappa shape index (κ3) is 2.61. The highest BCUT2D eigenvalue weighted by Gasteiger charge is 1.99. The largest absolute Gasteiger partial charge is 0.326 e. The Kier molecular flexibility index (Phi) is 3.22. The Morgan fingerprint density at radius 2 is 1.62 bits per heavy atom. The molecule has 16 heavy (non-hydrogen) atoms. The summed E-state index contributed by atoms with van der Waals surface area (Å²) in [5.41, 5.74) is 7.34. The second-order valence-electron chi connectivity index (χ2n) is 3.51. The first-order valence-electron chi connectivity index (χ1n) is 5.02. The molecule has 1 heterocycles. The summed E-state index contributed by atoms with van der Waals surface area (Å²) in [6.45, 7) is 0.441. The Balaban J connectivity index is 2.11. The van der Waals surface area contributed by atoms with Crippen molar-refractivity contribution in [1.29, 1.82) is 0 Å². The number of nitrogens with two attached hydrogens (primary N) is 1. The second kappa shape index (κ2) is 4.81. The van der Waals surface area contributed by atoms with Crippen molar-refractivity contribution in [3.8, 4) is 0 Å². The number of halogens is 1. The van der Waals surface area contributed by atoms with Crippen LogP contribution in [0.1, 0.15) is 17.0 Å². The quantitative estimate of drug-likeness (QED) is 0.850. The Morgan fingerprint density at radius 3 is 2.19 bits per heavy atom. The molecule has 82 valence electrons. The highest BCUT2D eigenvalue weighted by molar-refractivity contribution is 5.20. The molecule has 4 heteroatoms. The minimum absolute atomic E-state index is 0.233. The summed E-state index contributed by atoms with van der Waals surface area (Å²) in [6.07, 6.45) is 4.03. The van der Waals surface area contributed by atoms with E-state index in [1.54, 1.807) is 24.5 Å². The minimum Gasteiger partial charge on any atom is -0.326 e. The topological polar surface area (TPSA) is 51.8 Å². The number of aromatic nitrogens is 2. The van der Waals surface area contributed by atoms with E-state index in [1.165, 1.54) is 12.1 Å². The predicted octanol–water partition coefficient (Wildman–Crippen LogP) is 1.67. The maximum Gasteiger partial charge on any atom is 0.132 e. The summed E-state index contributed by atoms with van der Waals surface area (Å²) < 4.78 is 12.7. The molecule has 0 saturated carbocycles. The number of hydrogen-bond acceptors (Lipinski definition) is 3. The maximum absolute atomic E-state index is 12.7. The van der Waals surface area contributed by atoms with E-state index in [0.717, 1.165) is 11.1 Å². The zero-order chi connectivity index (χ0) is 11.4. The highest BCUT2D eigenvalue weighted by Crippen LogP contribution is 2.07. The van der Waals surface area contributed by atoms with Gasteiger partial charge in [-0.2, -0.15) is 0 Å². The lowest BCUT2D eigenvalue weighted by Gasteiger charge is -2.01. The minimum atomic E-state index is -0.233. The summed E-state index contributed by atoms with van der Waals surface area (Å²) in [6, 6.07) is 6.33. The van der Waals surface area contributed by atoms with Crippen LogP contribution in [0.15, 0.2) is 36.7 Å². The Labute approximate surface area is 93.2 Å². The summed E-state index contributed by atoms with van der Waals surface area (Å²) >= 11 is 0. The van der Waals surface area contributed by atoms with Crippen molar-refractivity contribution in [2.45, 2.75) is 13.0 Å². The molecule has 0 amide bonds. The molecular formula is C12H12FN3. The van der Waals surface area contributed by atoms with Crippen LogP contribution in [0.4, 0.5) is 4.39 Å². The van der Waals surface area contributed by atoms with Crippen molar-refractivity contribution in [3.05, 3.63) is 59.4 Å². The van der Waals surface area contributed by atoms with Gasteiger partial charge in [-0.1, -0.05) is 12.1 Å². The highest BCUT2D eigenvalue weighted by atomic mass is 19.1. The van der Waals surface area contributed by atoms with Gasteiger partial charge in [0.1, 0.15) is 11.6 Å². The van der Waals surface area contributed by atoms with E-state index in [4.69, 9.17) is 5.73 Å². The van der Waals surface area contributed by atoms with Crippen LogP contribution < -0.4 is 5.73 Å². The van der Waals surface area contributed by atoms with Gasteiger partial charge in [0.25, 0.3) is 0 Å². The lowest BCUT2D eigenvalue weighted by molar-refractivity contribution is 0.627. The van der Waals surface area contributed by atoms with Crippen molar-refractivity contribution >= 4 is 0 Å². The van der Waals surface area contributed by atoms with Gasteiger partial charge in [0.2, 0.25) is 0 Å². The normalized spacial score (nSPS) is 10.4. The summed E-state index contributed by atoms with van der Waals surface area (Å²) in [5.74, 6) is 0.479. The molecule has 2 rings (SSSR count). The van der Waals surface area contributed by atoms with Gasteiger partial charge in [-0.15, -0.1) is 0 Å². The van der Waals surface area contributed by atoms with Crippen LogP contribution in [-0.4, -0.2) is 9.97 Å². The van der Waals surface area contributed by atoms with E-state index in [9.17, 15) is 4.39 Å². The monoisotopic (exact) mass is 217 g/mol. The average Bonchev–Trinajstić information content (AvgIpc) is 2.33. The second-order valence-corrected chi connectivity index (χ2v) is 3.51. The zero-order valence-electron chi connectivity index (χ0n) is 8.73. The van der Waals surface area contributed by atoms with Crippen molar-refractivity contribution < 1.29 is 4.39 Å².